The summed E-state index contributed by atoms with van der Waals surface area (Å²) in [7, 11) is 0. The lowest BCUT2D eigenvalue weighted by atomic mass is 10.2. The smallest absolute Gasteiger partial charge is 0.321 e. The Balaban J connectivity index is 1.31. The minimum absolute atomic E-state index is 0.113. The summed E-state index contributed by atoms with van der Waals surface area (Å²) in [4.78, 5) is 16.8. The molecular formula is C27H31N7O2. The minimum Gasteiger partial charge on any atom is -0.494 e. The molecule has 1 saturated heterocycles. The molecule has 0 saturated carbocycles. The van der Waals surface area contributed by atoms with E-state index < -0.39 is 0 Å². The Morgan fingerprint density at radius 3 is 2.31 bits per heavy atom. The second kappa shape index (κ2) is 9.85. The third kappa shape index (κ3) is 4.56. The Kier molecular flexibility index (Phi) is 6.45. The number of amides is 2. The average Bonchev–Trinajstić information content (AvgIpc) is 3.24. The van der Waals surface area contributed by atoms with Gasteiger partial charge in [0.1, 0.15) is 11.3 Å². The van der Waals surface area contributed by atoms with Crippen LogP contribution in [0.25, 0.3) is 16.6 Å². The largest absolute Gasteiger partial charge is 0.494 e. The van der Waals surface area contributed by atoms with Gasteiger partial charge in [-0.05, 0) is 64.1 Å². The Labute approximate surface area is 210 Å². The second-order valence-corrected chi connectivity index (χ2v) is 9.03. The highest BCUT2D eigenvalue weighted by molar-refractivity contribution is 5.93. The average molecular weight is 486 g/mol. The molecule has 9 nitrogen and oxygen atoms in total. The molecule has 186 valence electrons. The van der Waals surface area contributed by atoms with E-state index in [1.54, 1.807) is 0 Å². The van der Waals surface area contributed by atoms with Gasteiger partial charge in [0.05, 0.1) is 29.1 Å². The van der Waals surface area contributed by atoms with E-state index in [4.69, 9.17) is 9.84 Å². The summed E-state index contributed by atoms with van der Waals surface area (Å²) in [5.74, 6) is 1.55. The fraction of sp³-hybridized carbons (Fsp3) is 0.333. The molecule has 9 heteroatoms. The van der Waals surface area contributed by atoms with Crippen LogP contribution in [0.15, 0.2) is 48.5 Å². The molecule has 0 bridgehead atoms. The highest BCUT2D eigenvalue weighted by Gasteiger charge is 2.26. The Bertz CT molecular complexity index is 1370. The molecule has 3 heterocycles. The Morgan fingerprint density at radius 2 is 1.64 bits per heavy atom. The van der Waals surface area contributed by atoms with Crippen molar-refractivity contribution in [3.8, 4) is 11.4 Å². The van der Waals surface area contributed by atoms with Crippen LogP contribution in [0.2, 0.25) is 0 Å². The molecule has 1 N–H and O–H groups in total. The van der Waals surface area contributed by atoms with Crippen LogP contribution in [0.1, 0.15) is 23.9 Å². The monoisotopic (exact) mass is 485 g/mol. The normalized spacial score (nSPS) is 13.8. The van der Waals surface area contributed by atoms with Crippen molar-refractivity contribution in [3.63, 3.8) is 0 Å². The van der Waals surface area contributed by atoms with E-state index in [9.17, 15) is 4.79 Å². The van der Waals surface area contributed by atoms with Gasteiger partial charge in [0.15, 0.2) is 5.82 Å². The second-order valence-electron chi connectivity index (χ2n) is 9.03. The van der Waals surface area contributed by atoms with Crippen LogP contribution in [0, 0.1) is 20.8 Å². The highest BCUT2D eigenvalue weighted by atomic mass is 16.5. The summed E-state index contributed by atoms with van der Waals surface area (Å²) < 4.78 is 7.43. The number of piperazine rings is 1. The van der Waals surface area contributed by atoms with Crippen molar-refractivity contribution in [2.24, 2.45) is 0 Å². The zero-order valence-corrected chi connectivity index (χ0v) is 21.2. The molecule has 36 heavy (non-hydrogen) atoms. The van der Waals surface area contributed by atoms with Crippen molar-refractivity contribution in [1.82, 2.24) is 24.9 Å². The van der Waals surface area contributed by atoms with Gasteiger partial charge in [-0.1, -0.05) is 17.7 Å². The molecule has 2 amide bonds. The van der Waals surface area contributed by atoms with Crippen LogP contribution in [-0.2, 0) is 0 Å². The van der Waals surface area contributed by atoms with Gasteiger partial charge in [-0.25, -0.2) is 9.48 Å². The van der Waals surface area contributed by atoms with Crippen molar-refractivity contribution in [1.29, 1.82) is 0 Å². The lowest BCUT2D eigenvalue weighted by molar-refractivity contribution is 0.208. The first-order valence-corrected chi connectivity index (χ1v) is 12.3. The molecule has 0 radical (unpaired) electrons. The number of carbonyl (C=O) groups excluding carboxylic acids is 1. The number of carbonyl (C=O) groups is 1. The molecule has 0 unspecified atom stereocenters. The van der Waals surface area contributed by atoms with E-state index in [1.165, 1.54) is 5.56 Å². The first-order chi connectivity index (χ1) is 17.4. The lowest BCUT2D eigenvalue weighted by Gasteiger charge is -2.35. The van der Waals surface area contributed by atoms with Gasteiger partial charge >= 0.3 is 6.03 Å². The first kappa shape index (κ1) is 23.6. The third-order valence-corrected chi connectivity index (χ3v) is 6.55. The molecule has 1 aliphatic heterocycles. The number of fused-ring (bicyclic) bond motifs is 1. The zero-order chi connectivity index (χ0) is 25.2. The van der Waals surface area contributed by atoms with Crippen molar-refractivity contribution in [2.75, 3.05) is 43.0 Å². The van der Waals surface area contributed by atoms with Crippen LogP contribution >= 0.6 is 0 Å². The maximum Gasteiger partial charge on any atom is 0.321 e. The molecule has 1 fully saturated rings. The number of urea groups is 1. The molecule has 0 spiro atoms. The Hall–Kier alpha value is -4.14. The summed E-state index contributed by atoms with van der Waals surface area (Å²) in [5.41, 5.74) is 5.70. The molecule has 0 atom stereocenters. The van der Waals surface area contributed by atoms with Crippen LogP contribution in [-0.4, -0.2) is 63.7 Å². The van der Waals surface area contributed by atoms with Crippen LogP contribution in [0.4, 0.5) is 16.3 Å². The lowest BCUT2D eigenvalue weighted by Crippen LogP contribution is -2.50. The van der Waals surface area contributed by atoms with Gasteiger partial charge in [-0.15, -0.1) is 5.10 Å². The topological polar surface area (TPSA) is 88.4 Å². The van der Waals surface area contributed by atoms with E-state index in [2.05, 4.69) is 58.5 Å². The third-order valence-electron chi connectivity index (χ3n) is 6.55. The summed E-state index contributed by atoms with van der Waals surface area (Å²) in [6.45, 7) is 11.1. The van der Waals surface area contributed by atoms with Crippen molar-refractivity contribution < 1.29 is 9.53 Å². The molecule has 2 aromatic heterocycles. The molecular weight excluding hydrogens is 454 g/mol. The minimum atomic E-state index is -0.113. The fourth-order valence-corrected chi connectivity index (χ4v) is 4.59. The standard InChI is InChI=1S/C27H31N7O2/c1-5-36-23-12-8-21(9-13-23)28-27(35)33-16-14-32(15-17-33)26-25-24(19(3)29-30-26)20(4)34(31-25)22-10-6-18(2)7-11-22/h6-13H,5,14-17H2,1-4H3,(H,28,35). The number of rotatable bonds is 5. The van der Waals surface area contributed by atoms with E-state index >= 15 is 0 Å². The van der Waals surface area contributed by atoms with Crippen molar-refractivity contribution in [3.05, 3.63) is 65.5 Å². The summed E-state index contributed by atoms with van der Waals surface area (Å²) in [6.07, 6.45) is 0. The van der Waals surface area contributed by atoms with E-state index in [-0.39, 0.29) is 6.03 Å². The maximum atomic E-state index is 12.8. The predicted molar refractivity (Wildman–Crippen MR) is 141 cm³/mol. The molecule has 5 rings (SSSR count). The number of anilines is 2. The number of hydrogen-bond acceptors (Lipinski definition) is 6. The van der Waals surface area contributed by atoms with E-state index in [0.29, 0.717) is 32.8 Å². The number of aryl methyl sites for hydroxylation is 3. The van der Waals surface area contributed by atoms with Gasteiger partial charge in [-0.2, -0.15) is 10.2 Å². The molecule has 0 aliphatic carbocycles. The van der Waals surface area contributed by atoms with E-state index in [1.807, 2.05) is 47.7 Å². The molecule has 2 aromatic carbocycles. The number of aromatic nitrogens is 4. The van der Waals surface area contributed by atoms with E-state index in [0.717, 1.165) is 45.2 Å². The number of ether oxygens (including phenoxy) is 1. The van der Waals surface area contributed by atoms with Crippen LogP contribution in [0.3, 0.4) is 0 Å². The number of benzene rings is 2. The summed E-state index contributed by atoms with van der Waals surface area (Å²) in [5, 5.41) is 17.9. The fourth-order valence-electron chi connectivity index (χ4n) is 4.59. The van der Waals surface area contributed by atoms with Gasteiger partial charge in [0.2, 0.25) is 0 Å². The molecule has 1 aliphatic rings. The quantitative estimate of drug-likeness (QED) is 0.448. The summed E-state index contributed by atoms with van der Waals surface area (Å²) in [6, 6.07) is 15.6. The SMILES string of the molecule is CCOc1ccc(NC(=O)N2CCN(c3nnc(C)c4c(C)n(-c5ccc(C)cc5)nc34)CC2)cc1. The number of nitrogens with one attached hydrogen (secondary N) is 1. The predicted octanol–water partition coefficient (Wildman–Crippen LogP) is 4.49. The maximum absolute atomic E-state index is 12.8. The van der Waals surface area contributed by atoms with Gasteiger partial charge < -0.3 is 19.9 Å². The van der Waals surface area contributed by atoms with Gasteiger partial charge in [0, 0.05) is 31.9 Å². The van der Waals surface area contributed by atoms with Crippen molar-refractivity contribution in [2.45, 2.75) is 27.7 Å². The highest BCUT2D eigenvalue weighted by Crippen LogP contribution is 2.30. The van der Waals surface area contributed by atoms with Crippen molar-refractivity contribution >= 4 is 28.4 Å². The number of hydrogen-bond donors (Lipinski definition) is 1. The molecule has 4 aromatic rings. The Morgan fingerprint density at radius 1 is 0.944 bits per heavy atom. The number of nitrogens with zero attached hydrogens (tertiary/aromatic N) is 6. The van der Waals surface area contributed by atoms with Gasteiger partial charge in [-0.3, -0.25) is 0 Å². The van der Waals surface area contributed by atoms with Crippen LogP contribution < -0.4 is 15.0 Å². The zero-order valence-electron chi connectivity index (χ0n) is 21.2. The summed E-state index contributed by atoms with van der Waals surface area (Å²) >= 11 is 0. The van der Waals surface area contributed by atoms with Gasteiger partial charge in [0.25, 0.3) is 0 Å². The van der Waals surface area contributed by atoms with Crippen LogP contribution in [0.5, 0.6) is 5.75 Å². The first-order valence-electron chi connectivity index (χ1n) is 12.3.